The molecule has 1 nitrogen and oxygen atoms in total. The van der Waals surface area contributed by atoms with E-state index in [1.165, 1.54) is 23.5 Å². The molecule has 0 radical (unpaired) electrons. The maximum Gasteiger partial charge on any atom is 0.205 e. The molecule has 20 heavy (non-hydrogen) atoms. The van der Waals surface area contributed by atoms with E-state index in [1.54, 1.807) is 6.07 Å². The number of rotatable bonds is 2. The Balaban J connectivity index is 2.10. The molecule has 0 aliphatic rings. The lowest BCUT2D eigenvalue weighted by atomic mass is 10.1. The van der Waals surface area contributed by atoms with Crippen molar-refractivity contribution in [2.75, 3.05) is 0 Å². The Morgan fingerprint density at radius 1 is 1.20 bits per heavy atom. The van der Waals surface area contributed by atoms with E-state index in [0.717, 1.165) is 10.1 Å². The van der Waals surface area contributed by atoms with Crippen molar-refractivity contribution >= 4 is 54.7 Å². The van der Waals surface area contributed by atoms with Crippen LogP contribution < -0.4 is 0 Å². The Bertz CT molecular complexity index is 795. The smallest absolute Gasteiger partial charge is 0.205 e. The minimum Gasteiger partial charge on any atom is -0.288 e. The highest BCUT2D eigenvalue weighted by molar-refractivity contribution is 9.10. The van der Waals surface area contributed by atoms with Gasteiger partial charge in [0.25, 0.3) is 0 Å². The van der Waals surface area contributed by atoms with Gasteiger partial charge in [-0.3, -0.25) is 4.79 Å². The molecule has 3 rings (SSSR count). The monoisotopic (exact) mass is 368 g/mol. The largest absolute Gasteiger partial charge is 0.288 e. The predicted octanol–water partition coefficient (Wildman–Crippen LogP) is 5.69. The van der Waals surface area contributed by atoms with E-state index in [-0.39, 0.29) is 11.3 Å². The molecule has 5 heteroatoms. The van der Waals surface area contributed by atoms with E-state index in [9.17, 15) is 9.18 Å². The number of carbonyl (C=O) groups excluding carboxylic acids is 1. The fraction of sp³-hybridized carbons (Fsp3) is 0. The van der Waals surface area contributed by atoms with Crippen LogP contribution in [0.3, 0.4) is 0 Å². The number of fused-ring (bicyclic) bond motifs is 1. The second kappa shape index (κ2) is 5.28. The van der Waals surface area contributed by atoms with Crippen LogP contribution in [0.5, 0.6) is 0 Å². The van der Waals surface area contributed by atoms with Crippen molar-refractivity contribution in [3.63, 3.8) is 0 Å². The number of thiophene rings is 1. The highest BCUT2D eigenvalue weighted by atomic mass is 79.9. The molecule has 0 saturated carbocycles. The van der Waals surface area contributed by atoms with Crippen molar-refractivity contribution < 1.29 is 9.18 Å². The Labute approximate surface area is 132 Å². The summed E-state index contributed by atoms with van der Waals surface area (Å²) >= 11 is 10.4. The van der Waals surface area contributed by atoms with E-state index in [4.69, 9.17) is 11.6 Å². The predicted molar refractivity (Wildman–Crippen MR) is 84.4 cm³/mol. The Kier molecular flexibility index (Phi) is 3.63. The van der Waals surface area contributed by atoms with Crippen molar-refractivity contribution in [1.29, 1.82) is 0 Å². The summed E-state index contributed by atoms with van der Waals surface area (Å²) in [5.41, 5.74) is -0.00949. The van der Waals surface area contributed by atoms with Gasteiger partial charge >= 0.3 is 0 Å². The summed E-state index contributed by atoms with van der Waals surface area (Å²) in [5.74, 6) is -0.929. The van der Waals surface area contributed by atoms with Crippen LogP contribution in [0.1, 0.15) is 15.2 Å². The molecule has 2 aromatic carbocycles. The van der Waals surface area contributed by atoms with Crippen LogP contribution in [-0.4, -0.2) is 5.78 Å². The second-order valence-corrected chi connectivity index (χ2v) is 6.57. The van der Waals surface area contributed by atoms with Crippen molar-refractivity contribution in [3.8, 4) is 0 Å². The maximum atomic E-state index is 13.9. The van der Waals surface area contributed by atoms with E-state index < -0.39 is 5.82 Å². The van der Waals surface area contributed by atoms with Crippen LogP contribution in [0.4, 0.5) is 4.39 Å². The molecule has 0 aliphatic carbocycles. The van der Waals surface area contributed by atoms with Crippen molar-refractivity contribution in [3.05, 3.63) is 68.2 Å². The van der Waals surface area contributed by atoms with E-state index in [2.05, 4.69) is 15.9 Å². The van der Waals surface area contributed by atoms with Gasteiger partial charge < -0.3 is 0 Å². The van der Waals surface area contributed by atoms with Gasteiger partial charge in [0.15, 0.2) is 0 Å². The minimum atomic E-state index is -0.580. The van der Waals surface area contributed by atoms with Crippen LogP contribution in [-0.2, 0) is 0 Å². The molecule has 0 atom stereocenters. The fourth-order valence-electron chi connectivity index (χ4n) is 1.92. The van der Waals surface area contributed by atoms with Gasteiger partial charge in [-0.2, -0.15) is 0 Å². The molecular weight excluding hydrogens is 363 g/mol. The average Bonchev–Trinajstić information content (AvgIpc) is 2.86. The molecule has 100 valence electrons. The number of benzene rings is 2. The summed E-state index contributed by atoms with van der Waals surface area (Å²) in [7, 11) is 0. The third-order valence-corrected chi connectivity index (χ3v) is 5.22. The van der Waals surface area contributed by atoms with Gasteiger partial charge in [-0.1, -0.05) is 29.8 Å². The molecule has 0 amide bonds. The summed E-state index contributed by atoms with van der Waals surface area (Å²) in [5, 5.41) is 1.29. The first-order valence-corrected chi connectivity index (χ1v) is 7.73. The first-order chi connectivity index (χ1) is 9.56. The summed E-state index contributed by atoms with van der Waals surface area (Å²) in [4.78, 5) is 12.9. The number of carbonyl (C=O) groups is 1. The lowest BCUT2D eigenvalue weighted by Gasteiger charge is -2.03. The molecule has 0 bridgehead atoms. The number of hydrogen-bond donors (Lipinski definition) is 0. The molecule has 1 aromatic heterocycles. The van der Waals surface area contributed by atoms with Gasteiger partial charge in [0.2, 0.25) is 5.78 Å². The average molecular weight is 370 g/mol. The first kappa shape index (κ1) is 13.7. The molecule has 0 saturated heterocycles. The quantitative estimate of drug-likeness (QED) is 0.419. The van der Waals surface area contributed by atoms with Gasteiger partial charge in [0.05, 0.1) is 15.5 Å². The topological polar surface area (TPSA) is 17.1 Å². The summed E-state index contributed by atoms with van der Waals surface area (Å²) < 4.78 is 15.4. The van der Waals surface area contributed by atoms with Gasteiger partial charge in [-0.15, -0.1) is 11.3 Å². The normalized spacial score (nSPS) is 10.9. The lowest BCUT2D eigenvalue weighted by Crippen LogP contribution is -2.02. The molecule has 0 unspecified atom stereocenters. The zero-order valence-corrected chi connectivity index (χ0v) is 13.2. The Morgan fingerprint density at radius 3 is 2.70 bits per heavy atom. The Hall–Kier alpha value is -1.23. The Morgan fingerprint density at radius 2 is 1.95 bits per heavy atom. The molecule has 0 fully saturated rings. The van der Waals surface area contributed by atoms with Crippen LogP contribution in [0.25, 0.3) is 10.1 Å². The summed E-state index contributed by atoms with van der Waals surface area (Å²) in [6.07, 6.45) is 0. The highest BCUT2D eigenvalue weighted by Crippen LogP contribution is 2.30. The molecule has 0 aliphatic heterocycles. The summed E-state index contributed by atoms with van der Waals surface area (Å²) in [6, 6.07) is 12.0. The molecule has 0 N–H and O–H groups in total. The standard InChI is InChI=1S/C15H7BrClFOS/c16-10-7-12(18)9(6-11(10)17)15(19)14-5-8-3-1-2-4-13(8)20-14/h1-7H. The highest BCUT2D eigenvalue weighted by Gasteiger charge is 2.18. The number of halogens is 3. The zero-order chi connectivity index (χ0) is 14.3. The van der Waals surface area contributed by atoms with Crippen LogP contribution >= 0.6 is 38.9 Å². The van der Waals surface area contributed by atoms with Crippen molar-refractivity contribution in [2.24, 2.45) is 0 Å². The van der Waals surface area contributed by atoms with E-state index in [1.807, 2.05) is 24.3 Å². The second-order valence-electron chi connectivity index (χ2n) is 4.22. The van der Waals surface area contributed by atoms with Crippen LogP contribution in [0.2, 0.25) is 5.02 Å². The van der Waals surface area contributed by atoms with Crippen LogP contribution in [0, 0.1) is 5.82 Å². The van der Waals surface area contributed by atoms with E-state index >= 15 is 0 Å². The third kappa shape index (κ3) is 2.39. The molecule has 0 spiro atoms. The van der Waals surface area contributed by atoms with Gasteiger partial charge in [0.1, 0.15) is 5.82 Å². The molecular formula is C15H7BrClFOS. The minimum absolute atomic E-state index is 0.00949. The van der Waals surface area contributed by atoms with Crippen molar-refractivity contribution in [1.82, 2.24) is 0 Å². The SMILES string of the molecule is O=C(c1cc2ccccc2s1)c1cc(Cl)c(Br)cc1F. The lowest BCUT2D eigenvalue weighted by molar-refractivity contribution is 0.103. The van der Waals surface area contributed by atoms with Gasteiger partial charge in [-0.25, -0.2) is 4.39 Å². The van der Waals surface area contributed by atoms with Crippen molar-refractivity contribution in [2.45, 2.75) is 0 Å². The molecule has 3 aromatic rings. The maximum absolute atomic E-state index is 13.9. The third-order valence-electron chi connectivity index (χ3n) is 2.90. The summed E-state index contributed by atoms with van der Waals surface area (Å²) in [6.45, 7) is 0. The number of ketones is 1. The molecule has 1 heterocycles. The number of hydrogen-bond acceptors (Lipinski definition) is 2. The fourth-order valence-corrected chi connectivity index (χ4v) is 3.42. The van der Waals surface area contributed by atoms with E-state index in [0.29, 0.717) is 14.4 Å². The van der Waals surface area contributed by atoms with Gasteiger partial charge in [-0.05, 0) is 45.6 Å². The van der Waals surface area contributed by atoms with Gasteiger partial charge in [0, 0.05) is 9.17 Å². The first-order valence-electron chi connectivity index (χ1n) is 5.74. The zero-order valence-electron chi connectivity index (χ0n) is 9.99. The van der Waals surface area contributed by atoms with Crippen LogP contribution in [0.15, 0.2) is 46.9 Å².